The molecule has 2 unspecified atom stereocenters. The summed E-state index contributed by atoms with van der Waals surface area (Å²) in [6, 6.07) is 50.7. The first-order valence-corrected chi connectivity index (χ1v) is 14.6. The molecular formula is C38H29N5. The van der Waals surface area contributed by atoms with Gasteiger partial charge < -0.3 is 5.32 Å². The predicted molar refractivity (Wildman–Crippen MR) is 175 cm³/mol. The molecule has 2 N–H and O–H groups in total. The van der Waals surface area contributed by atoms with E-state index in [2.05, 4.69) is 137 Å². The highest BCUT2D eigenvalue weighted by atomic mass is 15.3. The summed E-state index contributed by atoms with van der Waals surface area (Å²) < 4.78 is 2.27. The van der Waals surface area contributed by atoms with E-state index in [1.165, 1.54) is 21.9 Å². The Morgan fingerprint density at radius 1 is 0.535 bits per heavy atom. The number of hydrogen-bond acceptors (Lipinski definition) is 4. The zero-order valence-corrected chi connectivity index (χ0v) is 23.4. The van der Waals surface area contributed by atoms with Crippen molar-refractivity contribution in [3.05, 3.63) is 168 Å². The Morgan fingerprint density at radius 2 is 1.21 bits per heavy atom. The zero-order valence-electron chi connectivity index (χ0n) is 23.4. The molecule has 5 heteroatoms. The lowest BCUT2D eigenvalue weighted by molar-refractivity contribution is 0.408. The minimum absolute atomic E-state index is 0.0904. The van der Waals surface area contributed by atoms with Crippen molar-refractivity contribution in [1.29, 1.82) is 0 Å². The molecule has 5 nitrogen and oxygen atoms in total. The number of para-hydroxylation sites is 1. The second kappa shape index (κ2) is 10.7. The van der Waals surface area contributed by atoms with Crippen LogP contribution in [0.4, 0.5) is 0 Å². The molecule has 2 aromatic heterocycles. The molecule has 0 amide bonds. The molecule has 43 heavy (non-hydrogen) atoms. The monoisotopic (exact) mass is 555 g/mol. The summed E-state index contributed by atoms with van der Waals surface area (Å²) >= 11 is 0. The summed E-state index contributed by atoms with van der Waals surface area (Å²) in [5, 5.41) is 9.70. The molecule has 0 fully saturated rings. The van der Waals surface area contributed by atoms with Crippen LogP contribution in [0, 0.1) is 0 Å². The van der Waals surface area contributed by atoms with Crippen molar-refractivity contribution >= 4 is 27.6 Å². The number of nitrogens with one attached hydrogen (secondary N) is 2. The fraction of sp³-hybridized carbons (Fsp3) is 0.0526. The van der Waals surface area contributed by atoms with Gasteiger partial charge in [0.05, 0.1) is 11.0 Å². The quantitative estimate of drug-likeness (QED) is 0.225. The van der Waals surface area contributed by atoms with Crippen molar-refractivity contribution < 1.29 is 0 Å². The fourth-order valence-electron chi connectivity index (χ4n) is 6.01. The van der Waals surface area contributed by atoms with Crippen molar-refractivity contribution in [2.24, 2.45) is 4.99 Å². The van der Waals surface area contributed by atoms with Crippen LogP contribution in [-0.4, -0.2) is 15.4 Å². The number of pyridine rings is 1. The maximum absolute atomic E-state index is 5.08. The van der Waals surface area contributed by atoms with Crippen molar-refractivity contribution in [2.75, 3.05) is 0 Å². The van der Waals surface area contributed by atoms with Crippen molar-refractivity contribution in [3.8, 4) is 16.9 Å². The molecule has 2 atom stereocenters. The third-order valence-electron chi connectivity index (χ3n) is 8.14. The van der Waals surface area contributed by atoms with Gasteiger partial charge in [-0.15, -0.1) is 0 Å². The van der Waals surface area contributed by atoms with E-state index < -0.39 is 0 Å². The van der Waals surface area contributed by atoms with E-state index in [0.717, 1.165) is 39.4 Å². The summed E-state index contributed by atoms with van der Waals surface area (Å²) in [6.45, 7) is 0. The lowest BCUT2D eigenvalue weighted by Gasteiger charge is -2.32. The average molecular weight is 556 g/mol. The van der Waals surface area contributed by atoms with Gasteiger partial charge in [0.15, 0.2) is 0 Å². The molecule has 1 aliphatic heterocycles. The summed E-state index contributed by atoms with van der Waals surface area (Å²) in [5.41, 5.74) is 7.86. The standard InChI is InChI=1S/C38H29N5/c1-4-12-26(13-5-1)29-20-22-32-31-18-10-11-19-33(31)43(34(32)24-29)35-23-21-30(25-39-35)38-41-36(27-14-6-2-7-15-27)40-37(42-38)28-16-8-3-9-17-28/h1-25,36,38,41H,(H,40,42). The lowest BCUT2D eigenvalue weighted by atomic mass is 10.0. The summed E-state index contributed by atoms with van der Waals surface area (Å²) in [4.78, 5) is 10.1. The summed E-state index contributed by atoms with van der Waals surface area (Å²) in [7, 11) is 0. The van der Waals surface area contributed by atoms with E-state index in [-0.39, 0.29) is 12.3 Å². The predicted octanol–water partition coefficient (Wildman–Crippen LogP) is 8.18. The van der Waals surface area contributed by atoms with E-state index >= 15 is 0 Å². The smallest absolute Gasteiger partial charge is 0.137 e. The average Bonchev–Trinajstić information content (AvgIpc) is 3.43. The molecule has 1 aliphatic rings. The van der Waals surface area contributed by atoms with Gasteiger partial charge in [-0.3, -0.25) is 9.88 Å². The SMILES string of the molecule is c1ccc(C2=NC(c3ccc(-n4c5ccccc5c5ccc(-c6ccccc6)cc54)nc3)NC(c3ccccc3)N2)cc1. The summed E-state index contributed by atoms with van der Waals surface area (Å²) in [6.07, 6.45) is 1.60. The Morgan fingerprint density at radius 3 is 1.95 bits per heavy atom. The highest BCUT2D eigenvalue weighted by molar-refractivity contribution is 6.10. The number of fused-ring (bicyclic) bond motifs is 3. The van der Waals surface area contributed by atoms with Gasteiger partial charge in [-0.25, -0.2) is 9.98 Å². The van der Waals surface area contributed by atoms with E-state index in [1.807, 2.05) is 30.5 Å². The van der Waals surface area contributed by atoms with Gasteiger partial charge in [0.1, 0.15) is 24.0 Å². The Bertz CT molecular complexity index is 2060. The first-order chi connectivity index (χ1) is 21.3. The molecule has 0 saturated carbocycles. The number of nitrogens with zero attached hydrogens (tertiary/aromatic N) is 3. The minimum atomic E-state index is -0.258. The molecule has 206 valence electrons. The molecule has 0 radical (unpaired) electrons. The number of amidine groups is 1. The Hall–Kier alpha value is -5.52. The normalized spacial score (nSPS) is 16.6. The Labute approximate surface area is 250 Å². The van der Waals surface area contributed by atoms with Gasteiger partial charge in [0.25, 0.3) is 0 Å². The van der Waals surface area contributed by atoms with E-state index in [9.17, 15) is 0 Å². The van der Waals surface area contributed by atoms with Crippen LogP contribution in [0.15, 0.2) is 157 Å². The van der Waals surface area contributed by atoms with E-state index in [1.54, 1.807) is 0 Å². The second-order valence-corrected chi connectivity index (χ2v) is 10.8. The maximum Gasteiger partial charge on any atom is 0.137 e. The zero-order chi connectivity index (χ0) is 28.6. The van der Waals surface area contributed by atoms with Crippen molar-refractivity contribution in [2.45, 2.75) is 12.3 Å². The third kappa shape index (κ3) is 4.66. The molecule has 0 bridgehead atoms. The third-order valence-corrected chi connectivity index (χ3v) is 8.14. The topological polar surface area (TPSA) is 54.2 Å². The second-order valence-electron chi connectivity index (χ2n) is 10.8. The Balaban J connectivity index is 1.21. The van der Waals surface area contributed by atoms with Crippen LogP contribution in [0.2, 0.25) is 0 Å². The van der Waals surface area contributed by atoms with Crippen LogP contribution < -0.4 is 10.6 Å². The van der Waals surface area contributed by atoms with Gasteiger partial charge in [-0.05, 0) is 34.9 Å². The van der Waals surface area contributed by atoms with Crippen LogP contribution in [0.5, 0.6) is 0 Å². The first-order valence-electron chi connectivity index (χ1n) is 14.6. The minimum Gasteiger partial charge on any atom is -0.350 e. The molecule has 8 rings (SSSR count). The maximum atomic E-state index is 5.08. The van der Waals surface area contributed by atoms with Gasteiger partial charge in [-0.2, -0.15) is 0 Å². The molecular weight excluding hydrogens is 526 g/mol. The van der Waals surface area contributed by atoms with E-state index in [4.69, 9.17) is 9.98 Å². The highest BCUT2D eigenvalue weighted by Gasteiger charge is 2.25. The summed E-state index contributed by atoms with van der Waals surface area (Å²) in [5.74, 6) is 1.74. The molecule has 0 saturated heterocycles. The highest BCUT2D eigenvalue weighted by Crippen LogP contribution is 2.34. The Kier molecular flexibility index (Phi) is 6.28. The largest absolute Gasteiger partial charge is 0.350 e. The molecule has 7 aromatic rings. The van der Waals surface area contributed by atoms with Gasteiger partial charge in [-0.1, -0.05) is 127 Å². The first kappa shape index (κ1) is 25.2. The van der Waals surface area contributed by atoms with Gasteiger partial charge in [0, 0.05) is 28.1 Å². The lowest BCUT2D eigenvalue weighted by Crippen LogP contribution is -2.44. The van der Waals surface area contributed by atoms with Crippen LogP contribution >= 0.6 is 0 Å². The number of hydrogen-bond donors (Lipinski definition) is 2. The molecule has 3 heterocycles. The number of aromatic nitrogens is 2. The molecule has 0 spiro atoms. The molecule has 5 aromatic carbocycles. The fourth-order valence-corrected chi connectivity index (χ4v) is 6.01. The van der Waals surface area contributed by atoms with Crippen LogP contribution in [0.3, 0.4) is 0 Å². The number of benzene rings is 5. The van der Waals surface area contributed by atoms with Crippen LogP contribution in [0.25, 0.3) is 38.8 Å². The van der Waals surface area contributed by atoms with E-state index in [0.29, 0.717) is 0 Å². The van der Waals surface area contributed by atoms with Crippen LogP contribution in [-0.2, 0) is 0 Å². The van der Waals surface area contributed by atoms with Gasteiger partial charge >= 0.3 is 0 Å². The number of aliphatic imine (C=N–C) groups is 1. The van der Waals surface area contributed by atoms with Gasteiger partial charge in [0.2, 0.25) is 0 Å². The van der Waals surface area contributed by atoms with Crippen molar-refractivity contribution in [1.82, 2.24) is 20.2 Å². The molecule has 0 aliphatic carbocycles. The number of rotatable bonds is 5. The van der Waals surface area contributed by atoms with Crippen LogP contribution in [0.1, 0.15) is 29.0 Å². The van der Waals surface area contributed by atoms with Crippen molar-refractivity contribution in [3.63, 3.8) is 0 Å².